The van der Waals surface area contributed by atoms with Crippen molar-refractivity contribution in [3.63, 3.8) is 0 Å². The minimum Gasteiger partial charge on any atom is -0.493 e. The summed E-state index contributed by atoms with van der Waals surface area (Å²) in [7, 11) is 3.06. The quantitative estimate of drug-likeness (QED) is 0.671. The molecule has 0 aromatic heterocycles. The molecule has 0 aliphatic rings. The summed E-state index contributed by atoms with van der Waals surface area (Å²) in [4.78, 5) is 13.9. The third-order valence-electron chi connectivity index (χ3n) is 3.81. The molecular weight excluding hydrogens is 364 g/mol. The van der Waals surface area contributed by atoms with E-state index in [9.17, 15) is 13.6 Å². The lowest BCUT2D eigenvalue weighted by Gasteiger charge is -2.18. The molecule has 26 heavy (non-hydrogen) atoms. The number of carbonyl (C=O) groups is 1. The Kier molecular flexibility index (Phi) is 7.21. The Labute approximate surface area is 156 Å². The summed E-state index contributed by atoms with van der Waals surface area (Å²) < 4.78 is 34.2. The third-order valence-corrected chi connectivity index (χ3v) is 4.04. The van der Waals surface area contributed by atoms with E-state index < -0.39 is 6.61 Å². The van der Waals surface area contributed by atoms with Crippen LogP contribution in [0.2, 0.25) is 5.02 Å². The second-order valence-corrected chi connectivity index (χ2v) is 6.18. The van der Waals surface area contributed by atoms with Gasteiger partial charge in [0.1, 0.15) is 0 Å². The zero-order valence-corrected chi connectivity index (χ0v) is 15.3. The molecule has 7 heteroatoms. The first-order valence-corrected chi connectivity index (χ1v) is 8.37. The van der Waals surface area contributed by atoms with Crippen molar-refractivity contribution in [3.8, 4) is 11.5 Å². The number of ether oxygens (including phenoxy) is 2. The predicted octanol–water partition coefficient (Wildman–Crippen LogP) is 4.54. The molecule has 0 spiro atoms. The Morgan fingerprint density at radius 1 is 1.15 bits per heavy atom. The van der Waals surface area contributed by atoms with Gasteiger partial charge in [-0.15, -0.1) is 0 Å². The van der Waals surface area contributed by atoms with E-state index in [1.165, 1.54) is 13.2 Å². The van der Waals surface area contributed by atoms with Crippen LogP contribution < -0.4 is 9.47 Å². The van der Waals surface area contributed by atoms with Gasteiger partial charge in [-0.3, -0.25) is 4.79 Å². The smallest absolute Gasteiger partial charge is 0.387 e. The molecule has 140 valence electrons. The second kappa shape index (κ2) is 9.38. The molecule has 0 saturated heterocycles. The fraction of sp³-hybridized carbons (Fsp3) is 0.316. The third kappa shape index (κ3) is 5.88. The van der Waals surface area contributed by atoms with Crippen LogP contribution in [0.3, 0.4) is 0 Å². The highest BCUT2D eigenvalue weighted by Crippen LogP contribution is 2.29. The zero-order chi connectivity index (χ0) is 19.1. The molecular formula is C19H20ClF2NO3. The molecule has 4 nitrogen and oxygen atoms in total. The van der Waals surface area contributed by atoms with Gasteiger partial charge in [-0.25, -0.2) is 0 Å². The van der Waals surface area contributed by atoms with Crippen molar-refractivity contribution in [1.82, 2.24) is 4.90 Å². The molecule has 2 rings (SSSR count). The largest absolute Gasteiger partial charge is 0.493 e. The number of benzene rings is 2. The number of alkyl halides is 2. The van der Waals surface area contributed by atoms with Crippen LogP contribution in [-0.4, -0.2) is 31.6 Å². The first kappa shape index (κ1) is 20.0. The lowest BCUT2D eigenvalue weighted by Crippen LogP contribution is -2.26. The van der Waals surface area contributed by atoms with Crippen molar-refractivity contribution in [1.29, 1.82) is 0 Å². The highest BCUT2D eigenvalue weighted by molar-refractivity contribution is 6.30. The molecule has 0 unspecified atom stereocenters. The highest BCUT2D eigenvalue weighted by atomic mass is 35.5. The Morgan fingerprint density at radius 2 is 1.92 bits per heavy atom. The minimum absolute atomic E-state index is 0.0307. The first-order chi connectivity index (χ1) is 12.4. The standard InChI is InChI=1S/C19H20ClF2NO3/c1-23(18(24)9-7-13-4-3-5-15(20)10-13)12-14-6-8-16(26-19(21)22)17(11-14)25-2/h3-6,8,10-11,19H,7,9,12H2,1-2H3. The number of aryl methyl sites for hydroxylation is 1. The number of amides is 1. The van der Waals surface area contributed by atoms with Gasteiger partial charge in [-0.2, -0.15) is 8.78 Å². The van der Waals surface area contributed by atoms with E-state index in [0.717, 1.165) is 11.1 Å². The Hall–Kier alpha value is -2.34. The van der Waals surface area contributed by atoms with E-state index in [2.05, 4.69) is 4.74 Å². The molecule has 0 aliphatic heterocycles. The second-order valence-electron chi connectivity index (χ2n) is 5.74. The maximum Gasteiger partial charge on any atom is 0.387 e. The first-order valence-electron chi connectivity index (χ1n) is 7.99. The monoisotopic (exact) mass is 383 g/mol. The van der Waals surface area contributed by atoms with E-state index in [1.807, 2.05) is 18.2 Å². The summed E-state index contributed by atoms with van der Waals surface area (Å²) >= 11 is 5.94. The van der Waals surface area contributed by atoms with E-state index in [-0.39, 0.29) is 17.4 Å². The number of hydrogen-bond donors (Lipinski definition) is 0. The molecule has 0 radical (unpaired) electrons. The average molecular weight is 384 g/mol. The molecule has 0 saturated carbocycles. The van der Waals surface area contributed by atoms with Crippen LogP contribution in [0.15, 0.2) is 42.5 Å². The fourth-order valence-electron chi connectivity index (χ4n) is 2.50. The number of hydrogen-bond acceptors (Lipinski definition) is 3. The van der Waals surface area contributed by atoms with E-state index in [1.54, 1.807) is 30.1 Å². The van der Waals surface area contributed by atoms with Gasteiger partial charge in [0.25, 0.3) is 0 Å². The molecule has 0 heterocycles. The van der Waals surface area contributed by atoms with Crippen molar-refractivity contribution in [3.05, 3.63) is 58.6 Å². The normalized spacial score (nSPS) is 10.7. The number of halogens is 3. The van der Waals surface area contributed by atoms with Crippen molar-refractivity contribution in [2.75, 3.05) is 14.2 Å². The minimum atomic E-state index is -2.93. The summed E-state index contributed by atoms with van der Waals surface area (Å²) in [6.07, 6.45) is 0.939. The number of methoxy groups -OCH3 is 1. The van der Waals surface area contributed by atoms with Crippen LogP contribution in [0.1, 0.15) is 17.5 Å². The van der Waals surface area contributed by atoms with E-state index >= 15 is 0 Å². The summed E-state index contributed by atoms with van der Waals surface area (Å²) in [5.74, 6) is 0.126. The van der Waals surface area contributed by atoms with Crippen molar-refractivity contribution in [2.24, 2.45) is 0 Å². The average Bonchev–Trinajstić information content (AvgIpc) is 2.60. The Bertz CT molecular complexity index is 755. The van der Waals surface area contributed by atoms with Gasteiger partial charge in [0.2, 0.25) is 5.91 Å². The SMILES string of the molecule is COc1cc(CN(C)C(=O)CCc2cccc(Cl)c2)ccc1OC(F)F. The van der Waals surface area contributed by atoms with Gasteiger partial charge in [0.15, 0.2) is 11.5 Å². The van der Waals surface area contributed by atoms with Crippen LogP contribution >= 0.6 is 11.6 Å². The van der Waals surface area contributed by atoms with E-state index in [4.69, 9.17) is 16.3 Å². The summed E-state index contributed by atoms with van der Waals surface area (Å²) in [6, 6.07) is 12.0. The van der Waals surface area contributed by atoms with E-state index in [0.29, 0.717) is 24.4 Å². The summed E-state index contributed by atoms with van der Waals surface area (Å²) in [5, 5.41) is 0.640. The molecule has 2 aromatic rings. The molecule has 0 aliphatic carbocycles. The lowest BCUT2D eigenvalue weighted by molar-refractivity contribution is -0.130. The zero-order valence-electron chi connectivity index (χ0n) is 14.5. The van der Waals surface area contributed by atoms with Crippen LogP contribution in [-0.2, 0) is 17.8 Å². The molecule has 0 fully saturated rings. The molecule has 1 amide bonds. The van der Waals surface area contributed by atoms with Crippen LogP contribution in [0.5, 0.6) is 11.5 Å². The molecule has 2 aromatic carbocycles. The van der Waals surface area contributed by atoms with Crippen molar-refractivity contribution >= 4 is 17.5 Å². The number of rotatable bonds is 8. The van der Waals surface area contributed by atoms with Gasteiger partial charge >= 0.3 is 6.61 Å². The summed E-state index contributed by atoms with van der Waals surface area (Å²) in [6.45, 7) is -2.59. The van der Waals surface area contributed by atoms with Crippen LogP contribution in [0.4, 0.5) is 8.78 Å². The number of nitrogens with zero attached hydrogens (tertiary/aromatic N) is 1. The topological polar surface area (TPSA) is 38.8 Å². The van der Waals surface area contributed by atoms with Gasteiger partial charge in [0, 0.05) is 25.0 Å². The maximum absolute atomic E-state index is 12.4. The van der Waals surface area contributed by atoms with Crippen LogP contribution in [0.25, 0.3) is 0 Å². The van der Waals surface area contributed by atoms with Gasteiger partial charge in [-0.1, -0.05) is 29.8 Å². The molecule has 0 bridgehead atoms. The number of carbonyl (C=O) groups excluding carboxylic acids is 1. The van der Waals surface area contributed by atoms with Crippen molar-refractivity contribution < 1.29 is 23.0 Å². The highest BCUT2D eigenvalue weighted by Gasteiger charge is 2.14. The lowest BCUT2D eigenvalue weighted by atomic mass is 10.1. The summed E-state index contributed by atoms with van der Waals surface area (Å²) in [5.41, 5.74) is 1.75. The molecule has 0 atom stereocenters. The van der Waals surface area contributed by atoms with Gasteiger partial charge < -0.3 is 14.4 Å². The Balaban J connectivity index is 1.95. The molecule has 0 N–H and O–H groups in total. The maximum atomic E-state index is 12.4. The van der Waals surface area contributed by atoms with Gasteiger partial charge in [0.05, 0.1) is 7.11 Å². The van der Waals surface area contributed by atoms with Crippen LogP contribution in [0, 0.1) is 0 Å². The van der Waals surface area contributed by atoms with Crippen molar-refractivity contribution in [2.45, 2.75) is 26.0 Å². The predicted molar refractivity (Wildman–Crippen MR) is 95.9 cm³/mol. The Morgan fingerprint density at radius 3 is 2.58 bits per heavy atom. The fourth-order valence-corrected chi connectivity index (χ4v) is 2.71. The van der Waals surface area contributed by atoms with Gasteiger partial charge in [-0.05, 0) is 41.8 Å².